The van der Waals surface area contributed by atoms with E-state index in [2.05, 4.69) is 194 Å². The predicted molar refractivity (Wildman–Crippen MR) is 206 cm³/mol. The van der Waals surface area contributed by atoms with Crippen molar-refractivity contribution in [1.82, 2.24) is 0 Å². The predicted octanol–water partition coefficient (Wildman–Crippen LogP) is 13.5. The zero-order chi connectivity index (χ0) is 31.9. The first-order valence-corrected chi connectivity index (χ1v) is 16.6. The molecule has 0 atom stereocenters. The van der Waals surface area contributed by atoms with Crippen LogP contribution in [-0.4, -0.2) is 0 Å². The van der Waals surface area contributed by atoms with Crippen molar-refractivity contribution in [3.05, 3.63) is 194 Å². The second-order valence-corrected chi connectivity index (χ2v) is 12.4. The fourth-order valence-corrected chi connectivity index (χ4v) is 7.62. The summed E-state index contributed by atoms with van der Waals surface area (Å²) in [7, 11) is 0. The molecular formula is C48H32. The molecule has 0 aliphatic heterocycles. The van der Waals surface area contributed by atoms with Gasteiger partial charge in [0, 0.05) is 0 Å². The summed E-state index contributed by atoms with van der Waals surface area (Å²) >= 11 is 0. The number of benzene rings is 9. The number of rotatable bonds is 5. The molecule has 0 aliphatic rings. The average Bonchev–Trinajstić information content (AvgIpc) is 3.17. The first-order chi connectivity index (χ1) is 23.9. The molecule has 0 heterocycles. The molecule has 0 aromatic heterocycles. The van der Waals surface area contributed by atoms with Crippen LogP contribution in [0.5, 0.6) is 0 Å². The topological polar surface area (TPSA) is 0 Å². The lowest BCUT2D eigenvalue weighted by Gasteiger charge is -2.23. The SMILES string of the molecule is c1ccc(-c2ccccc2-c2cccc3c(-c4cccc5ccccc45)c4ccccc4c(-c4ccccc4-c4ccccc4)c23)cc1. The Balaban J connectivity index is 1.50. The first kappa shape index (κ1) is 28.0. The monoisotopic (exact) mass is 608 g/mol. The maximum atomic E-state index is 2.34. The Morgan fingerprint density at radius 1 is 0.208 bits per heavy atom. The summed E-state index contributed by atoms with van der Waals surface area (Å²) < 4.78 is 0. The molecule has 48 heavy (non-hydrogen) atoms. The molecule has 0 nitrogen and oxygen atoms in total. The van der Waals surface area contributed by atoms with Crippen LogP contribution in [0, 0.1) is 0 Å². The van der Waals surface area contributed by atoms with E-state index in [0.717, 1.165) is 0 Å². The average molecular weight is 609 g/mol. The minimum absolute atomic E-state index is 1.21. The van der Waals surface area contributed by atoms with E-state index in [1.807, 2.05) is 0 Å². The highest BCUT2D eigenvalue weighted by molar-refractivity contribution is 6.27. The highest BCUT2D eigenvalue weighted by Crippen LogP contribution is 2.50. The van der Waals surface area contributed by atoms with E-state index >= 15 is 0 Å². The van der Waals surface area contributed by atoms with Crippen LogP contribution < -0.4 is 0 Å². The maximum absolute atomic E-state index is 2.34. The molecule has 0 radical (unpaired) electrons. The summed E-state index contributed by atoms with van der Waals surface area (Å²) in [5, 5.41) is 7.54. The third kappa shape index (κ3) is 4.62. The van der Waals surface area contributed by atoms with E-state index in [9.17, 15) is 0 Å². The lowest BCUT2D eigenvalue weighted by Crippen LogP contribution is -1.96. The molecule has 0 amide bonds. The third-order valence-corrected chi connectivity index (χ3v) is 9.69. The molecule has 0 aliphatic carbocycles. The number of hydrogen-bond acceptors (Lipinski definition) is 0. The van der Waals surface area contributed by atoms with Crippen molar-refractivity contribution in [2.75, 3.05) is 0 Å². The first-order valence-electron chi connectivity index (χ1n) is 16.6. The summed E-state index contributed by atoms with van der Waals surface area (Å²) in [4.78, 5) is 0. The van der Waals surface area contributed by atoms with Crippen molar-refractivity contribution in [3.63, 3.8) is 0 Å². The number of hydrogen-bond donors (Lipinski definition) is 0. The molecule has 0 saturated carbocycles. The standard InChI is InChI=1S/C48H32/c1-3-17-33(18-4-1)36-23-9-11-26-39(36)42-31-16-32-45-46(40-30-15-22-35-21-7-8-24-37(35)40)43-28-13-14-29-44(43)47(48(42)45)41-27-12-10-25-38(41)34-19-5-2-6-20-34/h1-32H. The molecule has 0 heteroatoms. The van der Waals surface area contributed by atoms with Crippen molar-refractivity contribution >= 4 is 32.3 Å². The van der Waals surface area contributed by atoms with Gasteiger partial charge in [0.25, 0.3) is 0 Å². The van der Waals surface area contributed by atoms with Gasteiger partial charge in [-0.3, -0.25) is 0 Å². The molecular weight excluding hydrogens is 577 g/mol. The smallest absolute Gasteiger partial charge is 0.00137 e. The van der Waals surface area contributed by atoms with Crippen LogP contribution in [0.3, 0.4) is 0 Å². The van der Waals surface area contributed by atoms with Crippen LogP contribution in [0.25, 0.3) is 88.0 Å². The van der Waals surface area contributed by atoms with Crippen molar-refractivity contribution in [3.8, 4) is 55.6 Å². The van der Waals surface area contributed by atoms with Gasteiger partial charge in [-0.1, -0.05) is 194 Å². The lowest BCUT2D eigenvalue weighted by molar-refractivity contribution is 1.59. The highest BCUT2D eigenvalue weighted by atomic mass is 14.3. The van der Waals surface area contributed by atoms with Gasteiger partial charge < -0.3 is 0 Å². The van der Waals surface area contributed by atoms with Crippen LogP contribution in [0.4, 0.5) is 0 Å². The second kappa shape index (κ2) is 11.8. The summed E-state index contributed by atoms with van der Waals surface area (Å²) in [6.45, 7) is 0. The van der Waals surface area contributed by atoms with Crippen LogP contribution in [-0.2, 0) is 0 Å². The highest BCUT2D eigenvalue weighted by Gasteiger charge is 2.23. The normalized spacial score (nSPS) is 11.3. The minimum atomic E-state index is 1.21. The Morgan fingerprint density at radius 2 is 0.625 bits per heavy atom. The van der Waals surface area contributed by atoms with Gasteiger partial charge in [-0.2, -0.15) is 0 Å². The van der Waals surface area contributed by atoms with Crippen LogP contribution in [0.1, 0.15) is 0 Å². The van der Waals surface area contributed by atoms with Gasteiger partial charge in [0.1, 0.15) is 0 Å². The molecule has 0 N–H and O–H groups in total. The molecule has 0 unspecified atom stereocenters. The quantitative estimate of drug-likeness (QED) is 0.171. The Kier molecular flexibility index (Phi) is 6.91. The summed E-state index contributed by atoms with van der Waals surface area (Å²) in [6.07, 6.45) is 0. The van der Waals surface area contributed by atoms with E-state index in [0.29, 0.717) is 0 Å². The van der Waals surface area contributed by atoms with Crippen molar-refractivity contribution in [2.24, 2.45) is 0 Å². The molecule has 0 saturated heterocycles. The lowest BCUT2D eigenvalue weighted by atomic mass is 9.80. The largest absolute Gasteiger partial charge is 0.0622 e. The van der Waals surface area contributed by atoms with Gasteiger partial charge >= 0.3 is 0 Å². The van der Waals surface area contributed by atoms with Gasteiger partial charge in [0.15, 0.2) is 0 Å². The molecule has 0 fully saturated rings. The maximum Gasteiger partial charge on any atom is -0.00137 e. The van der Waals surface area contributed by atoms with Gasteiger partial charge in [0.05, 0.1) is 0 Å². The van der Waals surface area contributed by atoms with E-state index < -0.39 is 0 Å². The molecule has 9 aromatic carbocycles. The van der Waals surface area contributed by atoms with E-state index in [1.165, 1.54) is 88.0 Å². The van der Waals surface area contributed by atoms with E-state index in [1.54, 1.807) is 0 Å². The molecule has 224 valence electrons. The van der Waals surface area contributed by atoms with Crippen molar-refractivity contribution in [2.45, 2.75) is 0 Å². The summed E-state index contributed by atoms with van der Waals surface area (Å²) in [5.41, 5.74) is 12.4. The van der Waals surface area contributed by atoms with E-state index in [4.69, 9.17) is 0 Å². The van der Waals surface area contributed by atoms with E-state index in [-0.39, 0.29) is 0 Å². The fraction of sp³-hybridized carbons (Fsp3) is 0. The Labute approximate surface area is 281 Å². The number of fused-ring (bicyclic) bond motifs is 3. The Hall–Kier alpha value is -6.24. The molecule has 9 aromatic rings. The van der Waals surface area contributed by atoms with Crippen LogP contribution in [0.2, 0.25) is 0 Å². The van der Waals surface area contributed by atoms with Gasteiger partial charge in [-0.15, -0.1) is 0 Å². The van der Waals surface area contributed by atoms with Gasteiger partial charge in [-0.25, -0.2) is 0 Å². The second-order valence-electron chi connectivity index (χ2n) is 12.4. The van der Waals surface area contributed by atoms with Crippen molar-refractivity contribution in [1.29, 1.82) is 0 Å². The van der Waals surface area contributed by atoms with Gasteiger partial charge in [-0.05, 0) is 88.0 Å². The summed E-state index contributed by atoms with van der Waals surface area (Å²) in [5.74, 6) is 0. The van der Waals surface area contributed by atoms with Crippen LogP contribution in [0.15, 0.2) is 194 Å². The molecule has 0 spiro atoms. The molecule has 0 bridgehead atoms. The third-order valence-electron chi connectivity index (χ3n) is 9.69. The summed E-state index contributed by atoms with van der Waals surface area (Å²) in [6, 6.07) is 70.7. The Bertz CT molecular complexity index is 2590. The van der Waals surface area contributed by atoms with Crippen LogP contribution >= 0.6 is 0 Å². The fourth-order valence-electron chi connectivity index (χ4n) is 7.62. The molecule has 9 rings (SSSR count). The van der Waals surface area contributed by atoms with Gasteiger partial charge in [0.2, 0.25) is 0 Å². The Morgan fingerprint density at radius 3 is 1.31 bits per heavy atom. The zero-order valence-electron chi connectivity index (χ0n) is 26.5. The van der Waals surface area contributed by atoms with Crippen molar-refractivity contribution < 1.29 is 0 Å². The zero-order valence-corrected chi connectivity index (χ0v) is 26.5. The minimum Gasteiger partial charge on any atom is -0.0622 e.